The Hall–Kier alpha value is -1.28. The average molecular weight is 352 g/mol. The van der Waals surface area contributed by atoms with E-state index in [-0.39, 0.29) is 20.5 Å². The summed E-state index contributed by atoms with van der Waals surface area (Å²) in [6.07, 6.45) is 0. The van der Waals surface area contributed by atoms with E-state index in [4.69, 9.17) is 28.3 Å². The lowest BCUT2D eigenvalue weighted by atomic mass is 10.3. The Labute approximate surface area is 128 Å². The van der Waals surface area contributed by atoms with Gasteiger partial charge in [-0.25, -0.2) is 13.2 Å². The zero-order chi connectivity index (χ0) is 14.9. The number of carbonyl (C=O) groups is 1. The number of thiophene rings is 1. The monoisotopic (exact) mass is 351 g/mol. The van der Waals surface area contributed by atoms with Gasteiger partial charge in [0.05, 0.1) is 15.6 Å². The SMILES string of the molecule is O=C(O)c1cc(S(=O)(=O)Nc2ccc(Cl)cc2Cl)cs1. The van der Waals surface area contributed by atoms with E-state index in [0.717, 1.165) is 17.4 Å². The summed E-state index contributed by atoms with van der Waals surface area (Å²) in [5, 5.41) is 10.6. The Morgan fingerprint density at radius 2 is 1.95 bits per heavy atom. The summed E-state index contributed by atoms with van der Waals surface area (Å²) in [5.74, 6) is -1.18. The molecule has 1 heterocycles. The number of benzene rings is 1. The summed E-state index contributed by atoms with van der Waals surface area (Å²) in [6, 6.07) is 5.39. The molecule has 20 heavy (non-hydrogen) atoms. The van der Waals surface area contributed by atoms with Crippen LogP contribution in [-0.4, -0.2) is 19.5 Å². The molecule has 0 unspecified atom stereocenters. The van der Waals surface area contributed by atoms with Gasteiger partial charge in [0.2, 0.25) is 0 Å². The van der Waals surface area contributed by atoms with Gasteiger partial charge in [0.25, 0.3) is 10.0 Å². The van der Waals surface area contributed by atoms with Crippen molar-refractivity contribution in [3.8, 4) is 0 Å². The first-order valence-corrected chi connectivity index (χ1v) is 8.21. The first-order chi connectivity index (χ1) is 9.29. The molecule has 0 radical (unpaired) electrons. The molecule has 0 fully saturated rings. The van der Waals surface area contributed by atoms with Gasteiger partial charge in [-0.05, 0) is 24.3 Å². The molecule has 2 rings (SSSR count). The molecule has 0 amide bonds. The summed E-state index contributed by atoms with van der Waals surface area (Å²) in [6.45, 7) is 0. The molecule has 0 aliphatic carbocycles. The van der Waals surface area contributed by atoms with Crippen LogP contribution in [0.3, 0.4) is 0 Å². The molecule has 1 aromatic heterocycles. The largest absolute Gasteiger partial charge is 0.477 e. The van der Waals surface area contributed by atoms with Crippen LogP contribution in [-0.2, 0) is 10.0 Å². The van der Waals surface area contributed by atoms with Gasteiger partial charge in [-0.15, -0.1) is 11.3 Å². The van der Waals surface area contributed by atoms with Gasteiger partial charge >= 0.3 is 5.97 Å². The van der Waals surface area contributed by atoms with Crippen molar-refractivity contribution in [1.29, 1.82) is 0 Å². The number of hydrogen-bond acceptors (Lipinski definition) is 4. The van der Waals surface area contributed by atoms with E-state index in [9.17, 15) is 13.2 Å². The fraction of sp³-hybridized carbons (Fsp3) is 0. The highest BCUT2D eigenvalue weighted by molar-refractivity contribution is 7.92. The zero-order valence-corrected chi connectivity index (χ0v) is 12.8. The number of aromatic carboxylic acids is 1. The maximum Gasteiger partial charge on any atom is 0.345 e. The summed E-state index contributed by atoms with van der Waals surface area (Å²) in [7, 11) is -3.89. The van der Waals surface area contributed by atoms with Crippen molar-refractivity contribution >= 4 is 56.2 Å². The summed E-state index contributed by atoms with van der Waals surface area (Å²) in [5.41, 5.74) is 0.166. The topological polar surface area (TPSA) is 83.5 Å². The van der Waals surface area contributed by atoms with Gasteiger partial charge in [0, 0.05) is 10.4 Å². The standard InChI is InChI=1S/C11H7Cl2NO4S2/c12-6-1-2-9(8(13)3-6)14-20(17,18)7-4-10(11(15)16)19-5-7/h1-5,14H,(H,15,16). The Bertz CT molecular complexity index is 770. The van der Waals surface area contributed by atoms with Crippen LogP contribution in [0.4, 0.5) is 5.69 Å². The molecule has 2 aromatic rings. The van der Waals surface area contributed by atoms with Crippen LogP contribution in [0.25, 0.3) is 0 Å². The molecule has 0 aliphatic heterocycles. The maximum absolute atomic E-state index is 12.1. The first kappa shape index (κ1) is 15.1. The number of halogens is 2. The van der Waals surface area contributed by atoms with E-state index in [2.05, 4.69) is 4.72 Å². The van der Waals surface area contributed by atoms with Gasteiger partial charge in [-0.2, -0.15) is 0 Å². The fourth-order valence-corrected chi connectivity index (χ4v) is 4.05. The second-order valence-corrected chi connectivity index (χ2v) is 7.12. The molecule has 0 bridgehead atoms. The highest BCUT2D eigenvalue weighted by Crippen LogP contribution is 2.28. The molecule has 2 N–H and O–H groups in total. The van der Waals surface area contributed by atoms with Crippen LogP contribution in [0.1, 0.15) is 9.67 Å². The van der Waals surface area contributed by atoms with E-state index in [1.807, 2.05) is 0 Å². The molecular formula is C11H7Cl2NO4S2. The molecule has 0 aliphatic rings. The van der Waals surface area contributed by atoms with Gasteiger partial charge in [0.1, 0.15) is 4.88 Å². The lowest BCUT2D eigenvalue weighted by molar-refractivity contribution is 0.0702. The zero-order valence-electron chi connectivity index (χ0n) is 9.63. The number of sulfonamides is 1. The van der Waals surface area contributed by atoms with E-state index in [0.29, 0.717) is 5.02 Å². The Balaban J connectivity index is 2.33. The fourth-order valence-electron chi connectivity index (χ4n) is 1.35. The van der Waals surface area contributed by atoms with Crippen molar-refractivity contribution in [3.63, 3.8) is 0 Å². The molecule has 0 atom stereocenters. The van der Waals surface area contributed by atoms with Gasteiger partial charge in [-0.3, -0.25) is 4.72 Å². The summed E-state index contributed by atoms with van der Waals surface area (Å²) >= 11 is 12.4. The minimum Gasteiger partial charge on any atom is -0.477 e. The molecule has 9 heteroatoms. The molecule has 1 aromatic carbocycles. The minimum absolute atomic E-state index is 0.0624. The third-order valence-electron chi connectivity index (χ3n) is 2.27. The molecule has 5 nitrogen and oxygen atoms in total. The van der Waals surface area contributed by atoms with Crippen LogP contribution in [0, 0.1) is 0 Å². The molecule has 0 saturated heterocycles. The van der Waals surface area contributed by atoms with Crippen LogP contribution in [0.2, 0.25) is 10.0 Å². The van der Waals surface area contributed by atoms with E-state index in [1.165, 1.54) is 23.6 Å². The van der Waals surface area contributed by atoms with Crippen molar-refractivity contribution in [3.05, 3.63) is 44.6 Å². The van der Waals surface area contributed by atoms with E-state index < -0.39 is 16.0 Å². The Morgan fingerprint density at radius 3 is 2.50 bits per heavy atom. The lowest BCUT2D eigenvalue weighted by Crippen LogP contribution is -2.12. The van der Waals surface area contributed by atoms with E-state index in [1.54, 1.807) is 0 Å². The van der Waals surface area contributed by atoms with Gasteiger partial charge < -0.3 is 5.11 Å². The number of rotatable bonds is 4. The smallest absolute Gasteiger partial charge is 0.345 e. The second kappa shape index (κ2) is 5.61. The van der Waals surface area contributed by atoms with Crippen LogP contribution in [0.15, 0.2) is 34.5 Å². The average Bonchev–Trinajstić information content (AvgIpc) is 2.83. The molecule has 0 saturated carbocycles. The van der Waals surface area contributed by atoms with Gasteiger partial charge in [0.15, 0.2) is 0 Å². The lowest BCUT2D eigenvalue weighted by Gasteiger charge is -2.08. The minimum atomic E-state index is -3.89. The Morgan fingerprint density at radius 1 is 1.25 bits per heavy atom. The Kier molecular flexibility index (Phi) is 4.24. The normalized spacial score (nSPS) is 11.3. The van der Waals surface area contributed by atoms with E-state index >= 15 is 0 Å². The number of nitrogens with one attached hydrogen (secondary N) is 1. The van der Waals surface area contributed by atoms with Gasteiger partial charge in [-0.1, -0.05) is 23.2 Å². The summed E-state index contributed by atoms with van der Waals surface area (Å²) in [4.78, 5) is 10.6. The molecule has 106 valence electrons. The molecular weight excluding hydrogens is 345 g/mol. The second-order valence-electron chi connectivity index (χ2n) is 3.68. The predicted octanol–water partition coefficient (Wildman–Crippen LogP) is 3.55. The molecule has 0 spiro atoms. The van der Waals surface area contributed by atoms with Crippen molar-refractivity contribution in [1.82, 2.24) is 0 Å². The predicted molar refractivity (Wildman–Crippen MR) is 78.5 cm³/mol. The number of hydrogen-bond donors (Lipinski definition) is 2. The number of carboxylic acid groups (broad SMARTS) is 1. The summed E-state index contributed by atoms with van der Waals surface area (Å²) < 4.78 is 26.4. The number of anilines is 1. The van der Waals surface area contributed by atoms with Crippen molar-refractivity contribution in [2.45, 2.75) is 4.90 Å². The third kappa shape index (κ3) is 3.24. The maximum atomic E-state index is 12.1. The van der Waals surface area contributed by atoms with Crippen LogP contribution in [0.5, 0.6) is 0 Å². The van der Waals surface area contributed by atoms with Crippen molar-refractivity contribution in [2.75, 3.05) is 4.72 Å². The highest BCUT2D eigenvalue weighted by Gasteiger charge is 2.19. The van der Waals surface area contributed by atoms with Crippen LogP contribution >= 0.6 is 34.5 Å². The highest BCUT2D eigenvalue weighted by atomic mass is 35.5. The van der Waals surface area contributed by atoms with Crippen molar-refractivity contribution < 1.29 is 18.3 Å². The quantitative estimate of drug-likeness (QED) is 0.881. The first-order valence-electron chi connectivity index (χ1n) is 5.09. The number of carboxylic acids is 1. The van der Waals surface area contributed by atoms with Crippen molar-refractivity contribution in [2.24, 2.45) is 0 Å². The third-order valence-corrected chi connectivity index (χ3v) is 5.23. The van der Waals surface area contributed by atoms with Crippen LogP contribution < -0.4 is 4.72 Å².